The zero-order chi connectivity index (χ0) is 17.2. The van der Waals surface area contributed by atoms with Crippen molar-refractivity contribution in [3.63, 3.8) is 0 Å². The number of carbonyl (C=O) groups excluding carboxylic acids is 1. The lowest BCUT2D eigenvalue weighted by molar-refractivity contribution is -0.186. The highest BCUT2D eigenvalue weighted by molar-refractivity contribution is 5.82. The van der Waals surface area contributed by atoms with Crippen LogP contribution >= 0.6 is 0 Å². The molecule has 1 amide bonds. The van der Waals surface area contributed by atoms with Crippen molar-refractivity contribution in [2.24, 2.45) is 0 Å². The van der Waals surface area contributed by atoms with Gasteiger partial charge < -0.3 is 10.0 Å². The Labute approximate surface area is 134 Å². The van der Waals surface area contributed by atoms with Crippen molar-refractivity contribution in [3.8, 4) is 0 Å². The second-order valence-electron chi connectivity index (χ2n) is 5.65. The first-order chi connectivity index (χ1) is 10.9. The number of fused-ring (bicyclic) bond motifs is 3. The molecule has 2 aliphatic rings. The Kier molecular flexibility index (Phi) is 5.34. The molecule has 23 heavy (non-hydrogen) atoms. The number of aliphatic hydroxyl groups is 1. The summed E-state index contributed by atoms with van der Waals surface area (Å²) in [5, 5.41) is 10.00. The summed E-state index contributed by atoms with van der Waals surface area (Å²) in [7, 11) is 0. The zero-order valence-corrected chi connectivity index (χ0v) is 13.4. The van der Waals surface area contributed by atoms with Gasteiger partial charge in [-0.2, -0.15) is 13.2 Å². The predicted octanol–water partition coefficient (Wildman–Crippen LogP) is 3.53. The summed E-state index contributed by atoms with van der Waals surface area (Å²) in [6.45, 7) is 4.08. The first kappa shape index (κ1) is 17.8. The summed E-state index contributed by atoms with van der Waals surface area (Å²) in [4.78, 5) is 12.2. The van der Waals surface area contributed by atoms with Crippen LogP contribution in [-0.4, -0.2) is 28.6 Å². The van der Waals surface area contributed by atoms with Crippen LogP contribution in [0.1, 0.15) is 55.0 Å². The minimum atomic E-state index is -4.82. The van der Waals surface area contributed by atoms with Crippen LogP contribution in [0.15, 0.2) is 12.1 Å². The van der Waals surface area contributed by atoms with E-state index in [4.69, 9.17) is 0 Å². The molecule has 1 unspecified atom stereocenters. The van der Waals surface area contributed by atoms with Crippen LogP contribution in [-0.2, 0) is 24.2 Å². The average molecular weight is 329 g/mol. The molecule has 0 bridgehead atoms. The molecule has 0 radical (unpaired) electrons. The number of hydrogen-bond acceptors (Lipinski definition) is 2. The van der Waals surface area contributed by atoms with Crippen molar-refractivity contribution >= 4 is 5.91 Å². The van der Waals surface area contributed by atoms with Crippen LogP contribution in [0.3, 0.4) is 0 Å². The molecule has 1 heterocycles. The summed E-state index contributed by atoms with van der Waals surface area (Å²) < 4.78 is 37.5. The van der Waals surface area contributed by atoms with E-state index in [2.05, 4.69) is 0 Å². The van der Waals surface area contributed by atoms with Gasteiger partial charge in [0.15, 0.2) is 0 Å². The molecular formula is C17H22F3NO2. The van der Waals surface area contributed by atoms with Crippen LogP contribution in [0.4, 0.5) is 13.2 Å². The van der Waals surface area contributed by atoms with Crippen molar-refractivity contribution in [2.75, 3.05) is 6.54 Å². The van der Waals surface area contributed by atoms with Crippen molar-refractivity contribution in [1.82, 2.24) is 4.90 Å². The highest BCUT2D eigenvalue weighted by Crippen LogP contribution is 2.35. The molecule has 1 atom stereocenters. The minimum absolute atomic E-state index is 0.00292. The van der Waals surface area contributed by atoms with Crippen LogP contribution in [0.2, 0.25) is 0 Å². The number of aliphatic hydroxyl groups excluding tert-OH is 1. The molecule has 0 aromatic heterocycles. The SMILES string of the molecule is CC.O=C(N1CCc2c(ccc3c2CCCC3O)C1)C(F)(F)F. The number of benzene rings is 1. The van der Waals surface area contributed by atoms with Crippen LogP contribution in [0, 0.1) is 0 Å². The molecule has 1 aromatic carbocycles. The topological polar surface area (TPSA) is 40.5 Å². The number of halogens is 3. The Morgan fingerprint density at radius 3 is 2.57 bits per heavy atom. The monoisotopic (exact) mass is 329 g/mol. The maximum absolute atomic E-state index is 12.5. The van der Waals surface area contributed by atoms with Crippen LogP contribution in [0.25, 0.3) is 0 Å². The molecule has 0 fully saturated rings. The van der Waals surface area contributed by atoms with Gasteiger partial charge in [0.05, 0.1) is 6.10 Å². The molecule has 6 heteroatoms. The molecule has 0 saturated heterocycles. The lowest BCUT2D eigenvalue weighted by Crippen LogP contribution is -2.44. The number of rotatable bonds is 0. The standard InChI is InChI=1S/C15H16F3NO2.C2H6/c16-15(17,18)14(21)19-7-6-10-9(8-19)4-5-12-11(10)2-1-3-13(12)20;1-2/h4-5,13,20H,1-3,6-8H2;1-2H3. The lowest BCUT2D eigenvalue weighted by atomic mass is 9.82. The van der Waals surface area contributed by atoms with E-state index < -0.39 is 18.2 Å². The van der Waals surface area contributed by atoms with E-state index in [9.17, 15) is 23.1 Å². The number of hydrogen-bond donors (Lipinski definition) is 1. The van der Waals surface area contributed by atoms with Gasteiger partial charge in [-0.15, -0.1) is 0 Å². The van der Waals surface area contributed by atoms with E-state index >= 15 is 0 Å². The highest BCUT2D eigenvalue weighted by Gasteiger charge is 2.43. The van der Waals surface area contributed by atoms with Gasteiger partial charge in [-0.1, -0.05) is 26.0 Å². The fourth-order valence-corrected chi connectivity index (χ4v) is 3.34. The van der Waals surface area contributed by atoms with Crippen molar-refractivity contribution in [2.45, 2.75) is 58.4 Å². The number of carbonyl (C=O) groups is 1. The molecule has 1 aliphatic carbocycles. The van der Waals surface area contributed by atoms with Crippen LogP contribution < -0.4 is 0 Å². The largest absolute Gasteiger partial charge is 0.471 e. The molecule has 128 valence electrons. The third-order valence-electron chi connectivity index (χ3n) is 4.35. The Balaban J connectivity index is 0.000000924. The fourth-order valence-electron chi connectivity index (χ4n) is 3.34. The van der Waals surface area contributed by atoms with E-state index in [1.165, 1.54) is 0 Å². The fraction of sp³-hybridized carbons (Fsp3) is 0.588. The van der Waals surface area contributed by atoms with Crippen molar-refractivity contribution < 1.29 is 23.1 Å². The smallest absolute Gasteiger partial charge is 0.388 e. The van der Waals surface area contributed by atoms with Gasteiger partial charge in [-0.25, -0.2) is 0 Å². The van der Waals surface area contributed by atoms with E-state index in [0.29, 0.717) is 6.42 Å². The van der Waals surface area contributed by atoms with Gasteiger partial charge >= 0.3 is 12.1 Å². The summed E-state index contributed by atoms with van der Waals surface area (Å²) >= 11 is 0. The summed E-state index contributed by atoms with van der Waals surface area (Å²) in [5.74, 6) is -1.77. The van der Waals surface area contributed by atoms with Gasteiger partial charge in [0.1, 0.15) is 0 Å². The molecule has 1 aromatic rings. The van der Waals surface area contributed by atoms with Gasteiger partial charge in [0.25, 0.3) is 0 Å². The van der Waals surface area contributed by atoms with Gasteiger partial charge in [0.2, 0.25) is 0 Å². The second kappa shape index (κ2) is 6.91. The minimum Gasteiger partial charge on any atom is -0.388 e. The molecule has 0 saturated carbocycles. The van der Waals surface area contributed by atoms with Gasteiger partial charge in [0, 0.05) is 13.1 Å². The molecule has 0 spiro atoms. The molecule has 1 aliphatic heterocycles. The third-order valence-corrected chi connectivity index (χ3v) is 4.35. The quantitative estimate of drug-likeness (QED) is 0.791. The first-order valence-corrected chi connectivity index (χ1v) is 8.05. The normalized spacial score (nSPS) is 20.1. The Morgan fingerprint density at radius 1 is 1.22 bits per heavy atom. The summed E-state index contributed by atoms with van der Waals surface area (Å²) in [6, 6.07) is 3.54. The second-order valence-corrected chi connectivity index (χ2v) is 5.65. The third kappa shape index (κ3) is 3.52. The number of alkyl halides is 3. The Hall–Kier alpha value is -1.56. The summed E-state index contributed by atoms with van der Waals surface area (Å²) in [6.07, 6.45) is -2.41. The first-order valence-electron chi connectivity index (χ1n) is 8.05. The molecule has 1 N–H and O–H groups in total. The maximum Gasteiger partial charge on any atom is 0.471 e. The van der Waals surface area contributed by atoms with Crippen molar-refractivity contribution in [3.05, 3.63) is 34.4 Å². The van der Waals surface area contributed by atoms with E-state index in [1.54, 1.807) is 12.1 Å². The maximum atomic E-state index is 12.5. The highest BCUT2D eigenvalue weighted by atomic mass is 19.4. The number of amides is 1. The van der Waals surface area contributed by atoms with E-state index in [1.807, 2.05) is 13.8 Å². The zero-order valence-electron chi connectivity index (χ0n) is 13.4. The van der Waals surface area contributed by atoms with Gasteiger partial charge in [-0.05, 0) is 47.9 Å². The predicted molar refractivity (Wildman–Crippen MR) is 80.9 cm³/mol. The lowest BCUT2D eigenvalue weighted by Gasteiger charge is -2.33. The van der Waals surface area contributed by atoms with E-state index in [0.717, 1.165) is 46.4 Å². The molecule has 3 rings (SSSR count). The average Bonchev–Trinajstić information content (AvgIpc) is 2.54. The van der Waals surface area contributed by atoms with Crippen molar-refractivity contribution in [1.29, 1.82) is 0 Å². The molecule has 3 nitrogen and oxygen atoms in total. The van der Waals surface area contributed by atoms with Gasteiger partial charge in [-0.3, -0.25) is 4.79 Å². The molecular weight excluding hydrogens is 307 g/mol. The summed E-state index contributed by atoms with van der Waals surface area (Å²) in [5.41, 5.74) is 3.77. The van der Waals surface area contributed by atoms with Crippen LogP contribution in [0.5, 0.6) is 0 Å². The Bertz CT molecular complexity index is 584. The Morgan fingerprint density at radius 2 is 1.91 bits per heavy atom. The number of nitrogens with zero attached hydrogens (tertiary/aromatic N) is 1. The van der Waals surface area contributed by atoms with E-state index in [-0.39, 0.29) is 13.1 Å².